The summed E-state index contributed by atoms with van der Waals surface area (Å²) in [5, 5.41) is 12.5. The van der Waals surface area contributed by atoms with E-state index in [9.17, 15) is 9.90 Å². The summed E-state index contributed by atoms with van der Waals surface area (Å²) in [6.07, 6.45) is 2.24. The Morgan fingerprint density at radius 3 is 2.88 bits per heavy atom. The van der Waals surface area contributed by atoms with Crippen LogP contribution in [0.3, 0.4) is 0 Å². The molecule has 0 aromatic carbocycles. The van der Waals surface area contributed by atoms with Crippen LogP contribution in [0, 0.1) is 0 Å². The van der Waals surface area contributed by atoms with Gasteiger partial charge in [0, 0.05) is 17.6 Å². The molecule has 2 N–H and O–H groups in total. The molecule has 1 unspecified atom stereocenters. The molecule has 0 aliphatic carbocycles. The summed E-state index contributed by atoms with van der Waals surface area (Å²) in [4.78, 5) is 11.4. The van der Waals surface area contributed by atoms with E-state index < -0.39 is 5.97 Å². The number of hydrogen-bond donors (Lipinski definition) is 2. The number of methoxy groups -OCH3 is 1. The summed E-state index contributed by atoms with van der Waals surface area (Å²) in [6.45, 7) is 4.39. The number of carbonyl (C=O) groups is 1. The van der Waals surface area contributed by atoms with E-state index in [1.165, 1.54) is 13.4 Å². The summed E-state index contributed by atoms with van der Waals surface area (Å²) in [5.74, 6) is -0.287. The minimum absolute atomic E-state index is 0.0366. The van der Waals surface area contributed by atoms with Gasteiger partial charge in [-0.1, -0.05) is 6.92 Å². The molecule has 5 heteroatoms. The van der Waals surface area contributed by atoms with Crippen molar-refractivity contribution in [2.24, 2.45) is 0 Å². The second kappa shape index (κ2) is 5.84. The Hall–Kier alpha value is -1.33. The van der Waals surface area contributed by atoms with Crippen LogP contribution < -0.4 is 5.32 Å². The van der Waals surface area contributed by atoms with Gasteiger partial charge in [0.05, 0.1) is 20.0 Å². The van der Waals surface area contributed by atoms with E-state index in [2.05, 4.69) is 10.1 Å². The molecule has 1 aromatic rings. The topological polar surface area (TPSA) is 71.7 Å². The Balaban J connectivity index is 2.70. The molecule has 1 aromatic heterocycles. The lowest BCUT2D eigenvalue weighted by molar-refractivity contribution is 0.0562. The Labute approximate surface area is 101 Å². The van der Waals surface area contributed by atoms with E-state index in [0.717, 1.165) is 12.0 Å². The molecule has 0 spiro atoms. The van der Waals surface area contributed by atoms with Crippen molar-refractivity contribution in [3.63, 3.8) is 0 Å². The van der Waals surface area contributed by atoms with Crippen molar-refractivity contribution in [3.05, 3.63) is 23.7 Å². The molecule has 0 radical (unpaired) electrons. The van der Waals surface area contributed by atoms with Crippen LogP contribution in [0.2, 0.25) is 0 Å². The predicted octanol–water partition coefficient (Wildman–Crippen LogP) is 1.32. The first kappa shape index (κ1) is 13.7. The number of nitrogens with one attached hydrogen (secondary N) is 1. The molecule has 1 rings (SSSR count). The molecule has 0 aliphatic heterocycles. The lowest BCUT2D eigenvalue weighted by Gasteiger charge is -2.27. The zero-order chi connectivity index (χ0) is 12.9. The smallest absolute Gasteiger partial charge is 0.374 e. The highest BCUT2D eigenvalue weighted by atomic mass is 16.5. The van der Waals surface area contributed by atoms with Crippen molar-refractivity contribution < 1.29 is 19.1 Å². The average Bonchev–Trinajstić information content (AvgIpc) is 2.83. The summed E-state index contributed by atoms with van der Waals surface area (Å²) in [7, 11) is 1.31. The third kappa shape index (κ3) is 3.31. The molecule has 96 valence electrons. The van der Waals surface area contributed by atoms with Crippen molar-refractivity contribution >= 4 is 5.97 Å². The standard InChI is InChI=1S/C12H19NO4/c1-4-12(2,8-14)13-7-9-5-6-17-10(9)11(15)16-3/h5-6,13-14H,4,7-8H2,1-3H3. The van der Waals surface area contributed by atoms with E-state index in [1.807, 2.05) is 13.8 Å². The van der Waals surface area contributed by atoms with Crippen molar-refractivity contribution in [2.45, 2.75) is 32.4 Å². The highest BCUT2D eigenvalue weighted by molar-refractivity contribution is 5.87. The molecule has 0 aliphatic rings. The normalized spacial score (nSPS) is 14.4. The van der Waals surface area contributed by atoms with Gasteiger partial charge in [-0.05, 0) is 19.4 Å². The SMILES string of the molecule is CCC(C)(CO)NCc1ccoc1C(=O)OC. The van der Waals surface area contributed by atoms with Gasteiger partial charge >= 0.3 is 5.97 Å². The average molecular weight is 241 g/mol. The van der Waals surface area contributed by atoms with E-state index in [4.69, 9.17) is 4.42 Å². The predicted molar refractivity (Wildman–Crippen MR) is 62.7 cm³/mol. The molecular formula is C12H19NO4. The van der Waals surface area contributed by atoms with Crippen LogP contribution in [0.25, 0.3) is 0 Å². The number of ether oxygens (including phenoxy) is 1. The largest absolute Gasteiger partial charge is 0.463 e. The van der Waals surface area contributed by atoms with Gasteiger partial charge in [0.1, 0.15) is 0 Å². The molecule has 0 saturated heterocycles. The second-order valence-electron chi connectivity index (χ2n) is 4.19. The van der Waals surface area contributed by atoms with E-state index in [-0.39, 0.29) is 17.9 Å². The highest BCUT2D eigenvalue weighted by Crippen LogP contribution is 2.14. The van der Waals surface area contributed by atoms with Crippen molar-refractivity contribution in [1.82, 2.24) is 5.32 Å². The van der Waals surface area contributed by atoms with Crippen molar-refractivity contribution in [2.75, 3.05) is 13.7 Å². The fraction of sp³-hybridized carbons (Fsp3) is 0.583. The van der Waals surface area contributed by atoms with Gasteiger partial charge in [-0.3, -0.25) is 0 Å². The van der Waals surface area contributed by atoms with Crippen LogP contribution in [0.5, 0.6) is 0 Å². The molecular weight excluding hydrogens is 222 g/mol. The van der Waals surface area contributed by atoms with Crippen molar-refractivity contribution in [1.29, 1.82) is 0 Å². The molecule has 0 amide bonds. The van der Waals surface area contributed by atoms with Gasteiger partial charge in [0.25, 0.3) is 0 Å². The lowest BCUT2D eigenvalue weighted by Crippen LogP contribution is -2.44. The maximum absolute atomic E-state index is 11.4. The first-order chi connectivity index (χ1) is 8.06. The van der Waals surface area contributed by atoms with Crippen LogP contribution in [-0.4, -0.2) is 30.3 Å². The zero-order valence-corrected chi connectivity index (χ0v) is 10.4. The number of hydrogen-bond acceptors (Lipinski definition) is 5. The van der Waals surface area contributed by atoms with E-state index in [1.54, 1.807) is 6.07 Å². The third-order valence-corrected chi connectivity index (χ3v) is 2.95. The summed E-state index contributed by atoms with van der Waals surface area (Å²) in [6, 6.07) is 1.71. The summed E-state index contributed by atoms with van der Waals surface area (Å²) >= 11 is 0. The van der Waals surface area contributed by atoms with Crippen molar-refractivity contribution in [3.8, 4) is 0 Å². The molecule has 1 heterocycles. The van der Waals surface area contributed by atoms with Gasteiger partial charge in [-0.25, -0.2) is 4.79 Å². The quantitative estimate of drug-likeness (QED) is 0.735. The van der Waals surface area contributed by atoms with Crippen LogP contribution >= 0.6 is 0 Å². The molecule has 17 heavy (non-hydrogen) atoms. The number of aliphatic hydroxyl groups excluding tert-OH is 1. The first-order valence-electron chi connectivity index (χ1n) is 5.57. The number of furan rings is 1. The fourth-order valence-corrected chi connectivity index (χ4v) is 1.35. The Morgan fingerprint density at radius 1 is 1.65 bits per heavy atom. The van der Waals surface area contributed by atoms with Gasteiger partial charge in [0.15, 0.2) is 0 Å². The maximum atomic E-state index is 11.4. The van der Waals surface area contributed by atoms with Gasteiger partial charge in [-0.15, -0.1) is 0 Å². The molecule has 1 atom stereocenters. The molecule has 0 bridgehead atoms. The third-order valence-electron chi connectivity index (χ3n) is 2.95. The Morgan fingerprint density at radius 2 is 2.35 bits per heavy atom. The van der Waals surface area contributed by atoms with E-state index in [0.29, 0.717) is 6.54 Å². The Bertz CT molecular complexity index is 368. The molecule has 0 saturated carbocycles. The minimum Gasteiger partial charge on any atom is -0.463 e. The summed E-state index contributed by atoms with van der Waals surface area (Å²) < 4.78 is 9.68. The van der Waals surface area contributed by atoms with E-state index >= 15 is 0 Å². The second-order valence-corrected chi connectivity index (χ2v) is 4.19. The van der Waals surface area contributed by atoms with Crippen LogP contribution in [0.1, 0.15) is 36.4 Å². The molecule has 5 nitrogen and oxygen atoms in total. The highest BCUT2D eigenvalue weighted by Gasteiger charge is 2.22. The lowest BCUT2D eigenvalue weighted by atomic mass is 10.00. The monoisotopic (exact) mass is 241 g/mol. The molecule has 0 fully saturated rings. The Kier molecular flexibility index (Phi) is 4.72. The number of carbonyl (C=O) groups excluding carboxylic acids is 1. The number of esters is 1. The van der Waals surface area contributed by atoms with Gasteiger partial charge < -0.3 is 19.6 Å². The van der Waals surface area contributed by atoms with Crippen LogP contribution in [0.15, 0.2) is 16.7 Å². The van der Waals surface area contributed by atoms with Gasteiger partial charge in [0.2, 0.25) is 5.76 Å². The summed E-state index contributed by atoms with van der Waals surface area (Å²) in [5.41, 5.74) is 0.370. The number of aliphatic hydroxyl groups is 1. The van der Waals surface area contributed by atoms with Gasteiger partial charge in [-0.2, -0.15) is 0 Å². The number of rotatable bonds is 6. The fourth-order valence-electron chi connectivity index (χ4n) is 1.35. The first-order valence-corrected chi connectivity index (χ1v) is 5.57. The zero-order valence-electron chi connectivity index (χ0n) is 10.4. The van der Waals surface area contributed by atoms with Crippen LogP contribution in [-0.2, 0) is 11.3 Å². The maximum Gasteiger partial charge on any atom is 0.374 e. The van der Waals surface area contributed by atoms with Crippen LogP contribution in [0.4, 0.5) is 0 Å². The minimum atomic E-state index is -0.492.